The summed E-state index contributed by atoms with van der Waals surface area (Å²) in [6.07, 6.45) is 5.03. The molecule has 2 atom stereocenters. The fraction of sp³-hybridized carbons (Fsp3) is 0.750. The van der Waals surface area contributed by atoms with Crippen molar-refractivity contribution < 1.29 is 8.42 Å². The molecule has 2 heterocycles. The summed E-state index contributed by atoms with van der Waals surface area (Å²) in [7, 11) is -2.04. The quantitative estimate of drug-likeness (QED) is 0.692. The van der Waals surface area contributed by atoms with Crippen LogP contribution in [-0.2, 0) is 23.6 Å². The second kappa shape index (κ2) is 6.21. The number of nitrogens with one attached hydrogen (secondary N) is 2. The molecule has 8 heteroatoms. The zero-order valence-electron chi connectivity index (χ0n) is 12.0. The Labute approximate surface area is 120 Å². The van der Waals surface area contributed by atoms with Crippen LogP contribution in [0.2, 0.25) is 0 Å². The summed E-state index contributed by atoms with van der Waals surface area (Å²) < 4.78 is 24.5. The van der Waals surface area contributed by atoms with Crippen LogP contribution in [-0.4, -0.2) is 36.8 Å². The van der Waals surface area contributed by atoms with E-state index in [4.69, 9.17) is 5.14 Å². The molecule has 2 rings (SSSR count). The molecule has 0 bridgehead atoms. The third kappa shape index (κ3) is 3.78. The van der Waals surface area contributed by atoms with E-state index >= 15 is 0 Å². The average molecular weight is 301 g/mol. The van der Waals surface area contributed by atoms with Crippen LogP contribution in [0.4, 0.5) is 0 Å². The fourth-order valence-corrected chi connectivity index (χ4v) is 3.32. The van der Waals surface area contributed by atoms with Gasteiger partial charge in [0, 0.05) is 31.9 Å². The van der Waals surface area contributed by atoms with Crippen molar-refractivity contribution in [3.63, 3.8) is 0 Å². The summed E-state index contributed by atoms with van der Waals surface area (Å²) >= 11 is 0. The van der Waals surface area contributed by atoms with Gasteiger partial charge in [-0.1, -0.05) is 6.42 Å². The number of rotatable bonds is 5. The number of nitrogens with two attached hydrogens (primary N) is 1. The molecule has 1 aliphatic heterocycles. The maximum absolute atomic E-state index is 11.5. The Kier molecular flexibility index (Phi) is 4.79. The van der Waals surface area contributed by atoms with E-state index in [9.17, 15) is 8.42 Å². The van der Waals surface area contributed by atoms with Gasteiger partial charge in [0.05, 0.1) is 5.69 Å². The summed E-state index contributed by atoms with van der Waals surface area (Å²) in [4.78, 5) is 0.0938. The molecule has 1 aromatic heterocycles. The van der Waals surface area contributed by atoms with Gasteiger partial charge in [0.2, 0.25) is 10.0 Å². The molecule has 0 aromatic carbocycles. The van der Waals surface area contributed by atoms with Crippen LogP contribution in [0.15, 0.2) is 11.1 Å². The highest BCUT2D eigenvalue weighted by atomic mass is 32.2. The SMILES string of the molecule is CC(NCc1nn(C)cc1S(N)(=O)=O)C1CCCCN1. The molecule has 0 aliphatic carbocycles. The minimum absolute atomic E-state index is 0.0938. The van der Waals surface area contributed by atoms with Crippen LogP contribution >= 0.6 is 0 Å². The predicted octanol–water partition coefficient (Wildman–Crippen LogP) is -0.312. The van der Waals surface area contributed by atoms with E-state index in [1.165, 1.54) is 23.7 Å². The number of piperidine rings is 1. The number of sulfonamides is 1. The monoisotopic (exact) mass is 301 g/mol. The smallest absolute Gasteiger partial charge is 0.241 e. The van der Waals surface area contributed by atoms with Gasteiger partial charge in [-0.15, -0.1) is 0 Å². The molecule has 1 aliphatic rings. The molecule has 4 N–H and O–H groups in total. The molecule has 114 valence electrons. The van der Waals surface area contributed by atoms with E-state index in [0.29, 0.717) is 18.3 Å². The number of nitrogens with zero attached hydrogens (tertiary/aromatic N) is 2. The van der Waals surface area contributed by atoms with Crippen molar-refractivity contribution in [2.45, 2.75) is 49.7 Å². The lowest BCUT2D eigenvalue weighted by atomic mass is 9.99. The lowest BCUT2D eigenvalue weighted by molar-refractivity contribution is 0.322. The minimum Gasteiger partial charge on any atom is -0.312 e. The molecule has 0 spiro atoms. The van der Waals surface area contributed by atoms with Gasteiger partial charge in [0.1, 0.15) is 4.90 Å². The standard InChI is InChI=1S/C12H23N5O2S/c1-9(10-5-3-4-6-14-10)15-7-11-12(20(13,18)19)8-17(2)16-11/h8-10,14-15H,3-7H2,1-2H3,(H2,13,18,19). The first-order valence-corrected chi connectivity index (χ1v) is 8.44. The van der Waals surface area contributed by atoms with Crippen molar-refractivity contribution >= 4 is 10.0 Å². The molecule has 0 radical (unpaired) electrons. The van der Waals surface area contributed by atoms with Crippen LogP contribution < -0.4 is 15.8 Å². The number of aryl methyl sites for hydroxylation is 1. The Morgan fingerprint density at radius 1 is 1.60 bits per heavy atom. The molecule has 7 nitrogen and oxygen atoms in total. The van der Waals surface area contributed by atoms with Crippen LogP contribution in [0.25, 0.3) is 0 Å². The van der Waals surface area contributed by atoms with Gasteiger partial charge in [-0.25, -0.2) is 13.6 Å². The maximum atomic E-state index is 11.5. The Hall–Kier alpha value is -0.960. The van der Waals surface area contributed by atoms with Gasteiger partial charge in [-0.05, 0) is 26.3 Å². The van der Waals surface area contributed by atoms with Crippen molar-refractivity contribution in [1.29, 1.82) is 0 Å². The molecule has 1 aromatic rings. The van der Waals surface area contributed by atoms with Gasteiger partial charge in [0.15, 0.2) is 0 Å². The normalized spacial score (nSPS) is 21.9. The van der Waals surface area contributed by atoms with Gasteiger partial charge >= 0.3 is 0 Å². The first-order valence-electron chi connectivity index (χ1n) is 6.90. The molecular formula is C12H23N5O2S. The van der Waals surface area contributed by atoms with Crippen molar-refractivity contribution in [1.82, 2.24) is 20.4 Å². The average Bonchev–Trinajstić information content (AvgIpc) is 2.78. The Bertz CT molecular complexity index is 548. The van der Waals surface area contributed by atoms with Gasteiger partial charge in [-0.2, -0.15) is 5.10 Å². The Morgan fingerprint density at radius 3 is 2.95 bits per heavy atom. The summed E-state index contributed by atoms with van der Waals surface area (Å²) in [6, 6.07) is 0.677. The Morgan fingerprint density at radius 2 is 2.35 bits per heavy atom. The number of primary sulfonamides is 1. The van der Waals surface area contributed by atoms with E-state index in [0.717, 1.165) is 13.0 Å². The minimum atomic E-state index is -3.72. The molecular weight excluding hydrogens is 278 g/mol. The van der Waals surface area contributed by atoms with E-state index in [1.54, 1.807) is 7.05 Å². The largest absolute Gasteiger partial charge is 0.312 e. The van der Waals surface area contributed by atoms with Crippen molar-refractivity contribution in [3.05, 3.63) is 11.9 Å². The molecule has 1 fully saturated rings. The number of aromatic nitrogens is 2. The number of hydrogen-bond donors (Lipinski definition) is 3. The first kappa shape index (κ1) is 15.4. The second-order valence-corrected chi connectivity index (χ2v) is 6.91. The van der Waals surface area contributed by atoms with Crippen LogP contribution in [0.5, 0.6) is 0 Å². The molecule has 2 unspecified atom stereocenters. The van der Waals surface area contributed by atoms with Crippen molar-refractivity contribution in [2.75, 3.05) is 6.54 Å². The highest BCUT2D eigenvalue weighted by Gasteiger charge is 2.22. The lowest BCUT2D eigenvalue weighted by Crippen LogP contribution is -2.48. The van der Waals surface area contributed by atoms with E-state index in [2.05, 4.69) is 22.7 Å². The predicted molar refractivity (Wildman–Crippen MR) is 76.5 cm³/mol. The zero-order chi connectivity index (χ0) is 14.8. The zero-order valence-corrected chi connectivity index (χ0v) is 12.8. The second-order valence-electron chi connectivity index (χ2n) is 5.38. The summed E-state index contributed by atoms with van der Waals surface area (Å²) in [5, 5.41) is 16.2. The van der Waals surface area contributed by atoms with Gasteiger partial charge in [-0.3, -0.25) is 4.68 Å². The highest BCUT2D eigenvalue weighted by molar-refractivity contribution is 7.89. The van der Waals surface area contributed by atoms with E-state index in [1.807, 2.05) is 0 Å². The third-order valence-corrected chi connectivity index (χ3v) is 4.67. The molecule has 20 heavy (non-hydrogen) atoms. The fourth-order valence-electron chi connectivity index (χ4n) is 2.58. The van der Waals surface area contributed by atoms with Crippen LogP contribution in [0.3, 0.4) is 0 Å². The third-order valence-electron chi connectivity index (χ3n) is 3.72. The van der Waals surface area contributed by atoms with Crippen molar-refractivity contribution in [2.24, 2.45) is 12.2 Å². The summed E-state index contributed by atoms with van der Waals surface area (Å²) in [5.74, 6) is 0. The summed E-state index contributed by atoms with van der Waals surface area (Å²) in [6.45, 7) is 3.54. The van der Waals surface area contributed by atoms with E-state index in [-0.39, 0.29) is 10.9 Å². The molecule has 1 saturated heterocycles. The maximum Gasteiger partial charge on any atom is 0.241 e. The molecule has 0 saturated carbocycles. The Balaban J connectivity index is 2.00. The summed E-state index contributed by atoms with van der Waals surface area (Å²) in [5.41, 5.74) is 0.470. The van der Waals surface area contributed by atoms with Crippen LogP contribution in [0, 0.1) is 0 Å². The highest BCUT2D eigenvalue weighted by Crippen LogP contribution is 2.14. The van der Waals surface area contributed by atoms with Crippen LogP contribution in [0.1, 0.15) is 31.9 Å². The van der Waals surface area contributed by atoms with Crippen molar-refractivity contribution in [3.8, 4) is 0 Å². The van der Waals surface area contributed by atoms with E-state index < -0.39 is 10.0 Å². The first-order chi connectivity index (χ1) is 9.38. The topological polar surface area (TPSA) is 102 Å². The number of hydrogen-bond acceptors (Lipinski definition) is 5. The molecule has 0 amide bonds. The van der Waals surface area contributed by atoms with Gasteiger partial charge in [0.25, 0.3) is 0 Å². The lowest BCUT2D eigenvalue weighted by Gasteiger charge is -2.29. The van der Waals surface area contributed by atoms with Gasteiger partial charge < -0.3 is 10.6 Å².